The SMILES string of the molecule is COc1ccc2c(C)c(CC(=O)N3CCN(C(c4ccccc4)c4ccccc4)CC3)c(=O)oc2c1C. The quantitative estimate of drug-likeness (QED) is 0.356. The topological polar surface area (TPSA) is 63.0 Å². The predicted molar refractivity (Wildman–Crippen MR) is 145 cm³/mol. The second kappa shape index (κ2) is 10.6. The number of methoxy groups -OCH3 is 1. The number of aryl methyl sites for hydroxylation is 2. The molecule has 0 bridgehead atoms. The highest BCUT2D eigenvalue weighted by Gasteiger charge is 2.29. The van der Waals surface area contributed by atoms with E-state index in [0.717, 1.165) is 29.6 Å². The van der Waals surface area contributed by atoms with Crippen molar-refractivity contribution in [3.05, 3.63) is 111 Å². The van der Waals surface area contributed by atoms with Gasteiger partial charge < -0.3 is 14.1 Å². The van der Waals surface area contributed by atoms with Gasteiger partial charge in [-0.25, -0.2) is 4.79 Å². The molecule has 6 nitrogen and oxygen atoms in total. The third-order valence-corrected chi connectivity index (χ3v) is 7.46. The van der Waals surface area contributed by atoms with Gasteiger partial charge in [0.25, 0.3) is 0 Å². The zero-order valence-electron chi connectivity index (χ0n) is 21.6. The summed E-state index contributed by atoms with van der Waals surface area (Å²) in [5.74, 6) is 0.622. The molecule has 0 spiro atoms. The number of rotatable bonds is 6. The molecule has 5 rings (SSSR count). The van der Waals surface area contributed by atoms with Crippen LogP contribution in [0.5, 0.6) is 5.75 Å². The largest absolute Gasteiger partial charge is 0.496 e. The normalized spacial score (nSPS) is 14.3. The minimum absolute atomic E-state index is 0.0377. The molecule has 1 aromatic heterocycles. The van der Waals surface area contributed by atoms with Gasteiger partial charge in [-0.2, -0.15) is 0 Å². The molecule has 0 saturated carbocycles. The Labute approximate surface area is 217 Å². The molecule has 1 amide bonds. The number of hydrogen-bond donors (Lipinski definition) is 0. The molecule has 37 heavy (non-hydrogen) atoms. The molecule has 1 saturated heterocycles. The van der Waals surface area contributed by atoms with Crippen LogP contribution in [0.2, 0.25) is 0 Å². The van der Waals surface area contributed by atoms with Crippen molar-refractivity contribution in [2.75, 3.05) is 33.3 Å². The number of carbonyl (C=O) groups excluding carboxylic acids is 1. The summed E-state index contributed by atoms with van der Waals surface area (Å²) in [6.45, 7) is 6.49. The monoisotopic (exact) mass is 496 g/mol. The van der Waals surface area contributed by atoms with E-state index in [-0.39, 0.29) is 18.4 Å². The summed E-state index contributed by atoms with van der Waals surface area (Å²) in [6, 6.07) is 24.9. The van der Waals surface area contributed by atoms with Crippen molar-refractivity contribution in [3.8, 4) is 5.75 Å². The minimum atomic E-state index is -0.457. The van der Waals surface area contributed by atoms with Crippen LogP contribution in [0, 0.1) is 13.8 Å². The van der Waals surface area contributed by atoms with Gasteiger partial charge in [-0.15, -0.1) is 0 Å². The third-order valence-electron chi connectivity index (χ3n) is 7.46. The van der Waals surface area contributed by atoms with Crippen LogP contribution < -0.4 is 10.4 Å². The first kappa shape index (κ1) is 24.8. The summed E-state index contributed by atoms with van der Waals surface area (Å²) < 4.78 is 11.0. The van der Waals surface area contributed by atoms with E-state index in [2.05, 4.69) is 53.4 Å². The Kier molecular flexibility index (Phi) is 7.10. The smallest absolute Gasteiger partial charge is 0.340 e. The highest BCUT2D eigenvalue weighted by atomic mass is 16.5. The van der Waals surface area contributed by atoms with E-state index < -0.39 is 5.63 Å². The third kappa shape index (κ3) is 4.89. The lowest BCUT2D eigenvalue weighted by Gasteiger charge is -2.40. The Bertz CT molecular complexity index is 1420. The number of benzene rings is 3. The first-order valence-electron chi connectivity index (χ1n) is 12.7. The molecule has 0 unspecified atom stereocenters. The highest BCUT2D eigenvalue weighted by molar-refractivity contribution is 5.87. The van der Waals surface area contributed by atoms with Crippen molar-refractivity contribution in [3.63, 3.8) is 0 Å². The summed E-state index contributed by atoms with van der Waals surface area (Å²) in [7, 11) is 1.59. The summed E-state index contributed by atoms with van der Waals surface area (Å²) in [6.07, 6.45) is 0.0377. The Morgan fingerprint density at radius 1 is 0.865 bits per heavy atom. The molecule has 190 valence electrons. The predicted octanol–water partition coefficient (Wildman–Crippen LogP) is 4.89. The van der Waals surface area contributed by atoms with E-state index >= 15 is 0 Å². The zero-order valence-corrected chi connectivity index (χ0v) is 21.6. The maximum absolute atomic E-state index is 13.3. The van der Waals surface area contributed by atoms with Crippen LogP contribution in [0.25, 0.3) is 11.0 Å². The molecule has 0 radical (unpaired) electrons. The van der Waals surface area contributed by atoms with Gasteiger partial charge in [0, 0.05) is 37.1 Å². The molecular formula is C31H32N2O4. The first-order chi connectivity index (χ1) is 18.0. The second-order valence-electron chi connectivity index (χ2n) is 9.58. The summed E-state index contributed by atoms with van der Waals surface area (Å²) >= 11 is 0. The Balaban J connectivity index is 1.33. The Hall–Kier alpha value is -3.90. The lowest BCUT2D eigenvalue weighted by Crippen LogP contribution is -2.50. The Morgan fingerprint density at radius 2 is 1.46 bits per heavy atom. The van der Waals surface area contributed by atoms with Crippen molar-refractivity contribution < 1.29 is 13.9 Å². The number of fused-ring (bicyclic) bond motifs is 1. The van der Waals surface area contributed by atoms with E-state index in [1.54, 1.807) is 7.11 Å². The van der Waals surface area contributed by atoms with Crippen molar-refractivity contribution >= 4 is 16.9 Å². The fourth-order valence-corrected chi connectivity index (χ4v) is 5.37. The summed E-state index contributed by atoms with van der Waals surface area (Å²) in [5.41, 5.74) is 4.53. The molecule has 3 aromatic carbocycles. The van der Waals surface area contributed by atoms with Gasteiger partial charge in [-0.05, 0) is 42.7 Å². The van der Waals surface area contributed by atoms with Crippen molar-refractivity contribution in [1.29, 1.82) is 0 Å². The molecule has 1 aliphatic heterocycles. The second-order valence-corrected chi connectivity index (χ2v) is 9.58. The van der Waals surface area contributed by atoms with Crippen LogP contribution in [0.4, 0.5) is 0 Å². The van der Waals surface area contributed by atoms with E-state index in [0.29, 0.717) is 30.0 Å². The molecule has 0 N–H and O–H groups in total. The van der Waals surface area contributed by atoms with Gasteiger partial charge in [0.05, 0.1) is 25.1 Å². The van der Waals surface area contributed by atoms with Crippen LogP contribution in [0.3, 0.4) is 0 Å². The zero-order chi connectivity index (χ0) is 25.9. The number of nitrogens with zero attached hydrogens (tertiary/aromatic N) is 2. The van der Waals surface area contributed by atoms with Crippen molar-refractivity contribution in [2.45, 2.75) is 26.3 Å². The maximum atomic E-state index is 13.3. The van der Waals surface area contributed by atoms with Crippen molar-refractivity contribution in [2.24, 2.45) is 0 Å². The van der Waals surface area contributed by atoms with E-state index in [1.807, 2.05) is 43.0 Å². The molecular weight excluding hydrogens is 464 g/mol. The lowest BCUT2D eigenvalue weighted by atomic mass is 9.96. The lowest BCUT2D eigenvalue weighted by molar-refractivity contribution is -0.132. The molecule has 1 aliphatic rings. The number of ether oxygens (including phenoxy) is 1. The molecule has 1 fully saturated rings. The molecule has 4 aromatic rings. The van der Waals surface area contributed by atoms with Gasteiger partial charge in [-0.1, -0.05) is 60.7 Å². The Morgan fingerprint density at radius 3 is 2.03 bits per heavy atom. The summed E-state index contributed by atoms with van der Waals surface area (Å²) in [5, 5.41) is 0.832. The highest BCUT2D eigenvalue weighted by Crippen LogP contribution is 2.31. The fourth-order valence-electron chi connectivity index (χ4n) is 5.37. The van der Waals surface area contributed by atoms with E-state index in [1.165, 1.54) is 11.1 Å². The molecule has 2 heterocycles. The first-order valence-corrected chi connectivity index (χ1v) is 12.7. The number of carbonyl (C=O) groups is 1. The average molecular weight is 497 g/mol. The number of amides is 1. The van der Waals surface area contributed by atoms with Crippen molar-refractivity contribution in [1.82, 2.24) is 9.80 Å². The molecule has 6 heteroatoms. The van der Waals surface area contributed by atoms with Crippen LogP contribution >= 0.6 is 0 Å². The minimum Gasteiger partial charge on any atom is -0.496 e. The van der Waals surface area contributed by atoms with Crippen LogP contribution in [-0.4, -0.2) is 49.0 Å². The molecule has 0 aliphatic carbocycles. The summed E-state index contributed by atoms with van der Waals surface area (Å²) in [4.78, 5) is 30.5. The number of hydrogen-bond acceptors (Lipinski definition) is 5. The van der Waals surface area contributed by atoms with E-state index in [9.17, 15) is 9.59 Å². The van der Waals surface area contributed by atoms with Crippen LogP contribution in [-0.2, 0) is 11.2 Å². The standard InChI is InChI=1S/C31H32N2O4/c1-21-25-14-15-27(36-3)22(2)30(25)37-31(35)26(21)20-28(34)32-16-18-33(19-17-32)29(23-10-6-4-7-11-23)24-12-8-5-9-13-24/h4-15,29H,16-20H2,1-3H3. The van der Waals surface area contributed by atoms with Gasteiger partial charge in [0.15, 0.2) is 0 Å². The maximum Gasteiger partial charge on any atom is 0.340 e. The van der Waals surface area contributed by atoms with Gasteiger partial charge in [-0.3, -0.25) is 9.69 Å². The van der Waals surface area contributed by atoms with Crippen LogP contribution in [0.15, 0.2) is 82.0 Å². The fraction of sp³-hybridized carbons (Fsp3) is 0.290. The van der Waals surface area contributed by atoms with Crippen LogP contribution in [0.1, 0.15) is 33.9 Å². The van der Waals surface area contributed by atoms with Gasteiger partial charge >= 0.3 is 5.63 Å². The van der Waals surface area contributed by atoms with Gasteiger partial charge in [0.1, 0.15) is 11.3 Å². The number of piperazine rings is 1. The van der Waals surface area contributed by atoms with Gasteiger partial charge in [0.2, 0.25) is 5.91 Å². The average Bonchev–Trinajstić information content (AvgIpc) is 2.93. The van der Waals surface area contributed by atoms with E-state index in [4.69, 9.17) is 9.15 Å². The molecule has 0 atom stereocenters.